The van der Waals surface area contributed by atoms with E-state index in [4.69, 9.17) is 5.73 Å². The lowest BCUT2D eigenvalue weighted by Crippen LogP contribution is -2.50. The second-order valence-electron chi connectivity index (χ2n) is 5.14. The van der Waals surface area contributed by atoms with Gasteiger partial charge in [0.25, 0.3) is 0 Å². The van der Waals surface area contributed by atoms with Crippen LogP contribution in [0.2, 0.25) is 0 Å². The van der Waals surface area contributed by atoms with Crippen LogP contribution in [0.15, 0.2) is 0 Å². The van der Waals surface area contributed by atoms with Gasteiger partial charge in [-0.2, -0.15) is 0 Å². The van der Waals surface area contributed by atoms with Gasteiger partial charge in [-0.1, -0.05) is 6.92 Å². The Balaban J connectivity index is 1.64. The smallest absolute Gasteiger partial charge is 0.0196 e. The Morgan fingerprint density at radius 3 is 2.27 bits per heavy atom. The van der Waals surface area contributed by atoms with Crippen LogP contribution in [0.25, 0.3) is 0 Å². The van der Waals surface area contributed by atoms with Gasteiger partial charge in [0.15, 0.2) is 0 Å². The van der Waals surface area contributed by atoms with Gasteiger partial charge in [-0.25, -0.2) is 0 Å². The molecule has 0 radical (unpaired) electrons. The predicted molar refractivity (Wildman–Crippen MR) is 63.9 cm³/mol. The van der Waals surface area contributed by atoms with Crippen LogP contribution in [0.4, 0.5) is 0 Å². The van der Waals surface area contributed by atoms with Gasteiger partial charge in [0.05, 0.1) is 0 Å². The van der Waals surface area contributed by atoms with E-state index in [0.29, 0.717) is 6.04 Å². The van der Waals surface area contributed by atoms with Crippen molar-refractivity contribution in [2.24, 2.45) is 11.7 Å². The maximum Gasteiger partial charge on any atom is 0.0196 e. The molecule has 1 saturated carbocycles. The molecule has 3 nitrogen and oxygen atoms in total. The summed E-state index contributed by atoms with van der Waals surface area (Å²) in [5.41, 5.74) is 6.15. The minimum Gasteiger partial charge on any atom is -0.326 e. The summed E-state index contributed by atoms with van der Waals surface area (Å²) in [7, 11) is 0. The topological polar surface area (TPSA) is 32.5 Å². The molecule has 0 amide bonds. The van der Waals surface area contributed by atoms with Crippen LogP contribution >= 0.6 is 0 Å². The van der Waals surface area contributed by atoms with E-state index in [9.17, 15) is 0 Å². The normalized spacial score (nSPS) is 26.8. The van der Waals surface area contributed by atoms with Crippen LogP contribution in [0.1, 0.15) is 26.2 Å². The highest BCUT2D eigenvalue weighted by molar-refractivity contribution is 4.87. The fourth-order valence-corrected chi connectivity index (χ4v) is 2.48. The van der Waals surface area contributed by atoms with Crippen molar-refractivity contribution in [2.45, 2.75) is 32.2 Å². The molecule has 3 heteroatoms. The number of piperazine rings is 1. The zero-order valence-corrected chi connectivity index (χ0v) is 9.99. The number of hydrogen-bond donors (Lipinski definition) is 1. The Labute approximate surface area is 93.6 Å². The van der Waals surface area contributed by atoms with E-state index in [2.05, 4.69) is 16.7 Å². The minimum atomic E-state index is 0.447. The zero-order valence-electron chi connectivity index (χ0n) is 9.99. The molecular formula is C12H25N3. The highest BCUT2D eigenvalue weighted by Crippen LogP contribution is 2.31. The van der Waals surface area contributed by atoms with Gasteiger partial charge >= 0.3 is 0 Å². The lowest BCUT2D eigenvalue weighted by molar-refractivity contribution is 0.125. The molecule has 2 fully saturated rings. The van der Waals surface area contributed by atoms with Crippen LogP contribution < -0.4 is 5.73 Å². The Morgan fingerprint density at radius 1 is 1.13 bits per heavy atom. The summed E-state index contributed by atoms with van der Waals surface area (Å²) in [5, 5.41) is 0. The van der Waals surface area contributed by atoms with E-state index in [1.807, 2.05) is 0 Å². The van der Waals surface area contributed by atoms with Gasteiger partial charge in [-0.15, -0.1) is 0 Å². The molecule has 1 heterocycles. The molecule has 15 heavy (non-hydrogen) atoms. The van der Waals surface area contributed by atoms with Crippen molar-refractivity contribution in [3.63, 3.8) is 0 Å². The molecule has 0 aromatic heterocycles. The van der Waals surface area contributed by atoms with E-state index in [1.54, 1.807) is 0 Å². The lowest BCUT2D eigenvalue weighted by atomic mass is 10.1. The third kappa shape index (κ3) is 3.44. The molecule has 88 valence electrons. The molecular weight excluding hydrogens is 186 g/mol. The van der Waals surface area contributed by atoms with Crippen LogP contribution in [-0.4, -0.2) is 55.1 Å². The molecule has 0 spiro atoms. The average molecular weight is 211 g/mol. The fourth-order valence-electron chi connectivity index (χ4n) is 2.48. The first-order valence-electron chi connectivity index (χ1n) is 6.50. The third-order valence-electron chi connectivity index (χ3n) is 3.70. The second kappa shape index (κ2) is 5.28. The number of nitrogens with two attached hydrogens (primary N) is 1. The zero-order chi connectivity index (χ0) is 10.7. The molecule has 1 atom stereocenters. The number of rotatable bonds is 5. The van der Waals surface area contributed by atoms with Crippen molar-refractivity contribution in [1.82, 2.24) is 9.80 Å². The molecule has 1 unspecified atom stereocenters. The maximum atomic E-state index is 6.15. The quantitative estimate of drug-likeness (QED) is 0.728. The van der Waals surface area contributed by atoms with Crippen LogP contribution in [-0.2, 0) is 0 Å². The SMILES string of the molecule is CCCN1CCN(CC(N)C2CC2)CC1. The van der Waals surface area contributed by atoms with Gasteiger partial charge in [0, 0.05) is 38.8 Å². The molecule has 1 saturated heterocycles. The summed E-state index contributed by atoms with van der Waals surface area (Å²) in [6, 6.07) is 0.447. The van der Waals surface area contributed by atoms with Gasteiger partial charge in [-0.3, -0.25) is 4.90 Å². The van der Waals surface area contributed by atoms with E-state index in [0.717, 1.165) is 12.5 Å². The largest absolute Gasteiger partial charge is 0.326 e. The van der Waals surface area contributed by atoms with E-state index < -0.39 is 0 Å². The molecule has 2 aliphatic rings. The highest BCUT2D eigenvalue weighted by Gasteiger charge is 2.30. The lowest BCUT2D eigenvalue weighted by Gasteiger charge is -2.35. The Kier molecular flexibility index (Phi) is 4.00. The first kappa shape index (κ1) is 11.4. The van der Waals surface area contributed by atoms with Gasteiger partial charge < -0.3 is 10.6 Å². The summed E-state index contributed by atoms with van der Waals surface area (Å²) in [6.45, 7) is 9.58. The first-order chi connectivity index (χ1) is 7.29. The minimum absolute atomic E-state index is 0.447. The monoisotopic (exact) mass is 211 g/mol. The Bertz CT molecular complexity index is 183. The second-order valence-corrected chi connectivity index (χ2v) is 5.14. The fraction of sp³-hybridized carbons (Fsp3) is 1.00. The van der Waals surface area contributed by atoms with E-state index >= 15 is 0 Å². The summed E-state index contributed by atoms with van der Waals surface area (Å²) in [6.07, 6.45) is 4.02. The third-order valence-corrected chi connectivity index (χ3v) is 3.70. The van der Waals surface area contributed by atoms with Crippen molar-refractivity contribution in [2.75, 3.05) is 39.3 Å². The summed E-state index contributed by atoms with van der Waals surface area (Å²) in [5.74, 6) is 0.846. The van der Waals surface area contributed by atoms with Crippen molar-refractivity contribution in [3.8, 4) is 0 Å². The molecule has 0 aromatic carbocycles. The first-order valence-corrected chi connectivity index (χ1v) is 6.50. The summed E-state index contributed by atoms with van der Waals surface area (Å²) < 4.78 is 0. The maximum absolute atomic E-state index is 6.15. The summed E-state index contributed by atoms with van der Waals surface area (Å²) in [4.78, 5) is 5.12. The summed E-state index contributed by atoms with van der Waals surface area (Å²) >= 11 is 0. The van der Waals surface area contributed by atoms with E-state index in [-0.39, 0.29) is 0 Å². The molecule has 1 aliphatic carbocycles. The number of nitrogens with zero attached hydrogens (tertiary/aromatic N) is 2. The number of hydrogen-bond acceptors (Lipinski definition) is 3. The molecule has 0 aromatic rings. The van der Waals surface area contributed by atoms with E-state index in [1.165, 1.54) is 52.0 Å². The molecule has 2 N–H and O–H groups in total. The molecule has 2 rings (SSSR count). The predicted octanol–water partition coefficient (Wildman–Crippen LogP) is 0.751. The van der Waals surface area contributed by atoms with Crippen molar-refractivity contribution in [1.29, 1.82) is 0 Å². The van der Waals surface area contributed by atoms with Crippen molar-refractivity contribution in [3.05, 3.63) is 0 Å². The molecule has 1 aliphatic heterocycles. The average Bonchev–Trinajstić information content (AvgIpc) is 3.04. The van der Waals surface area contributed by atoms with Gasteiger partial charge in [0.2, 0.25) is 0 Å². The van der Waals surface area contributed by atoms with Crippen LogP contribution in [0, 0.1) is 5.92 Å². The standard InChI is InChI=1S/C12H25N3/c1-2-5-14-6-8-15(9-7-14)10-12(13)11-3-4-11/h11-12H,2-10,13H2,1H3. The highest BCUT2D eigenvalue weighted by atomic mass is 15.3. The van der Waals surface area contributed by atoms with Crippen LogP contribution in [0.5, 0.6) is 0 Å². The van der Waals surface area contributed by atoms with Crippen molar-refractivity contribution < 1.29 is 0 Å². The van der Waals surface area contributed by atoms with Gasteiger partial charge in [-0.05, 0) is 31.7 Å². The van der Waals surface area contributed by atoms with Crippen molar-refractivity contribution >= 4 is 0 Å². The Morgan fingerprint density at radius 2 is 1.73 bits per heavy atom. The van der Waals surface area contributed by atoms with Gasteiger partial charge in [0.1, 0.15) is 0 Å². The molecule has 0 bridgehead atoms. The Hall–Kier alpha value is -0.120. The van der Waals surface area contributed by atoms with Crippen LogP contribution in [0.3, 0.4) is 0 Å².